The van der Waals surface area contributed by atoms with Gasteiger partial charge in [-0.1, -0.05) is 87.3 Å². The SMILES string of the molecule is CCCCCCCCCCCC(I)CC(F)(F)C(=O)OC. The van der Waals surface area contributed by atoms with Crippen LogP contribution in [0.25, 0.3) is 0 Å². The Kier molecular flexibility index (Phi) is 12.6. The molecule has 1 atom stereocenters. The fraction of sp³-hybridized carbons (Fsp3) is 0.938. The van der Waals surface area contributed by atoms with Gasteiger partial charge in [0.25, 0.3) is 0 Å². The van der Waals surface area contributed by atoms with Crippen molar-refractivity contribution in [3.63, 3.8) is 0 Å². The summed E-state index contributed by atoms with van der Waals surface area (Å²) in [5.74, 6) is -4.77. The number of carbonyl (C=O) groups excluding carboxylic acids is 1. The highest BCUT2D eigenvalue weighted by molar-refractivity contribution is 14.1. The molecule has 0 aromatic heterocycles. The van der Waals surface area contributed by atoms with E-state index < -0.39 is 18.3 Å². The molecule has 0 rings (SSSR count). The van der Waals surface area contributed by atoms with Gasteiger partial charge in [-0.05, 0) is 6.42 Å². The second-order valence-corrected chi connectivity index (χ2v) is 7.38. The van der Waals surface area contributed by atoms with E-state index in [-0.39, 0.29) is 3.92 Å². The smallest absolute Gasteiger partial charge is 0.376 e. The summed E-state index contributed by atoms with van der Waals surface area (Å²) in [6.07, 6.45) is 11.3. The van der Waals surface area contributed by atoms with Crippen LogP contribution in [0.15, 0.2) is 0 Å². The van der Waals surface area contributed by atoms with Crippen LogP contribution in [0.5, 0.6) is 0 Å². The number of halogens is 3. The zero-order chi connectivity index (χ0) is 16.1. The molecule has 0 aromatic carbocycles. The minimum atomic E-state index is -3.35. The van der Waals surface area contributed by atoms with Crippen LogP contribution in [0.2, 0.25) is 0 Å². The van der Waals surface area contributed by atoms with Crippen LogP contribution in [0.1, 0.15) is 77.6 Å². The lowest BCUT2D eigenvalue weighted by molar-refractivity contribution is -0.169. The summed E-state index contributed by atoms with van der Waals surface area (Å²) in [6.45, 7) is 2.21. The van der Waals surface area contributed by atoms with Crippen LogP contribution in [0.4, 0.5) is 8.78 Å². The molecule has 0 saturated heterocycles. The molecule has 0 bridgehead atoms. The zero-order valence-electron chi connectivity index (χ0n) is 13.3. The van der Waals surface area contributed by atoms with Crippen molar-refractivity contribution < 1.29 is 18.3 Å². The van der Waals surface area contributed by atoms with Gasteiger partial charge in [0.2, 0.25) is 0 Å². The number of carbonyl (C=O) groups is 1. The molecule has 1 unspecified atom stereocenters. The van der Waals surface area contributed by atoms with Crippen LogP contribution in [0, 0.1) is 0 Å². The molecular weight excluding hydrogens is 389 g/mol. The summed E-state index contributed by atoms with van der Waals surface area (Å²) in [7, 11) is 0.999. The van der Waals surface area contributed by atoms with E-state index in [4.69, 9.17) is 0 Å². The summed E-state index contributed by atoms with van der Waals surface area (Å²) >= 11 is 2.01. The minimum Gasteiger partial charge on any atom is -0.465 e. The first-order valence-corrected chi connectivity index (χ1v) is 9.29. The molecule has 0 radical (unpaired) electrons. The maximum Gasteiger partial charge on any atom is 0.376 e. The van der Waals surface area contributed by atoms with Crippen LogP contribution in [0.3, 0.4) is 0 Å². The molecule has 0 spiro atoms. The van der Waals surface area contributed by atoms with Crippen molar-refractivity contribution in [1.29, 1.82) is 0 Å². The van der Waals surface area contributed by atoms with Crippen molar-refractivity contribution in [3.05, 3.63) is 0 Å². The summed E-state index contributed by atoms with van der Waals surface area (Å²) in [5, 5.41) is 0. The number of ether oxygens (including phenoxy) is 1. The second kappa shape index (κ2) is 12.6. The van der Waals surface area contributed by atoms with Gasteiger partial charge in [-0.15, -0.1) is 0 Å². The highest BCUT2D eigenvalue weighted by atomic mass is 127. The Morgan fingerprint density at radius 1 is 1.05 bits per heavy atom. The van der Waals surface area contributed by atoms with Gasteiger partial charge in [0, 0.05) is 10.3 Å². The molecule has 5 heteroatoms. The Bertz CT molecular complexity index is 273. The molecule has 0 amide bonds. The third kappa shape index (κ3) is 11.3. The van der Waals surface area contributed by atoms with Gasteiger partial charge in [-0.2, -0.15) is 8.78 Å². The van der Waals surface area contributed by atoms with E-state index >= 15 is 0 Å². The van der Waals surface area contributed by atoms with E-state index in [9.17, 15) is 13.6 Å². The minimum absolute atomic E-state index is 0.179. The van der Waals surface area contributed by atoms with E-state index in [2.05, 4.69) is 11.7 Å². The monoisotopic (exact) mass is 418 g/mol. The third-order valence-electron chi connectivity index (χ3n) is 3.58. The average Bonchev–Trinajstić information content (AvgIpc) is 2.44. The number of hydrogen-bond donors (Lipinski definition) is 0. The normalized spacial score (nSPS) is 13.2. The van der Waals surface area contributed by atoms with Crippen molar-refractivity contribution in [2.24, 2.45) is 0 Å². The first kappa shape index (κ1) is 21.1. The maximum atomic E-state index is 13.4. The molecule has 0 aliphatic rings. The largest absolute Gasteiger partial charge is 0.465 e. The van der Waals surface area contributed by atoms with Crippen molar-refractivity contribution in [1.82, 2.24) is 0 Å². The summed E-state index contributed by atoms with van der Waals surface area (Å²) in [4.78, 5) is 10.9. The number of unbranched alkanes of at least 4 members (excludes halogenated alkanes) is 8. The van der Waals surface area contributed by atoms with Gasteiger partial charge >= 0.3 is 11.9 Å². The quantitative estimate of drug-likeness (QED) is 0.161. The number of alkyl halides is 3. The summed E-state index contributed by atoms with van der Waals surface area (Å²) < 4.78 is 30.7. The van der Waals surface area contributed by atoms with E-state index in [0.29, 0.717) is 0 Å². The Morgan fingerprint density at radius 2 is 1.52 bits per heavy atom. The van der Waals surface area contributed by atoms with E-state index in [1.807, 2.05) is 22.6 Å². The van der Waals surface area contributed by atoms with Gasteiger partial charge < -0.3 is 4.74 Å². The predicted octanol–water partition coefficient (Wildman–Crippen LogP) is 5.91. The van der Waals surface area contributed by atoms with Gasteiger partial charge in [0.15, 0.2) is 0 Å². The molecule has 0 N–H and O–H groups in total. The predicted molar refractivity (Wildman–Crippen MR) is 91.2 cm³/mol. The topological polar surface area (TPSA) is 26.3 Å². The Morgan fingerprint density at radius 3 is 2.00 bits per heavy atom. The van der Waals surface area contributed by atoms with Crippen LogP contribution in [-0.4, -0.2) is 22.9 Å². The number of rotatable bonds is 13. The highest BCUT2D eigenvalue weighted by Crippen LogP contribution is 2.28. The molecule has 126 valence electrons. The van der Waals surface area contributed by atoms with Crippen molar-refractivity contribution in [2.45, 2.75) is 87.4 Å². The molecule has 0 aliphatic heterocycles. The summed E-state index contributed by atoms with van der Waals surface area (Å²) in [6, 6.07) is 0. The lowest BCUT2D eigenvalue weighted by atomic mass is 10.0. The van der Waals surface area contributed by atoms with Crippen molar-refractivity contribution in [3.8, 4) is 0 Å². The Balaban J connectivity index is 3.54. The van der Waals surface area contributed by atoms with Gasteiger partial charge in [-0.25, -0.2) is 4.79 Å². The second-order valence-electron chi connectivity index (χ2n) is 5.61. The number of hydrogen-bond acceptors (Lipinski definition) is 2. The standard InChI is InChI=1S/C16H29F2IO2/c1-3-4-5-6-7-8-9-10-11-12-14(19)13-16(17,18)15(20)21-2/h14H,3-13H2,1-2H3. The lowest BCUT2D eigenvalue weighted by Crippen LogP contribution is -2.32. The Labute approximate surface area is 141 Å². The van der Waals surface area contributed by atoms with Crippen LogP contribution < -0.4 is 0 Å². The Hall–Kier alpha value is 0.0600. The van der Waals surface area contributed by atoms with E-state index in [1.165, 1.54) is 44.9 Å². The molecule has 21 heavy (non-hydrogen) atoms. The first-order valence-electron chi connectivity index (χ1n) is 8.04. The molecule has 0 fully saturated rings. The molecular formula is C16H29F2IO2. The van der Waals surface area contributed by atoms with Crippen molar-refractivity contribution >= 4 is 28.6 Å². The highest BCUT2D eigenvalue weighted by Gasteiger charge is 2.41. The fourth-order valence-corrected chi connectivity index (χ4v) is 3.28. The average molecular weight is 418 g/mol. The number of esters is 1. The first-order chi connectivity index (χ1) is 9.94. The lowest BCUT2D eigenvalue weighted by Gasteiger charge is -2.17. The molecule has 0 saturated carbocycles. The molecule has 0 aliphatic carbocycles. The van der Waals surface area contributed by atoms with Crippen LogP contribution in [-0.2, 0) is 9.53 Å². The zero-order valence-corrected chi connectivity index (χ0v) is 15.5. The van der Waals surface area contributed by atoms with Crippen LogP contribution >= 0.6 is 22.6 Å². The molecule has 2 nitrogen and oxygen atoms in total. The van der Waals surface area contributed by atoms with Gasteiger partial charge in [0.05, 0.1) is 7.11 Å². The maximum absolute atomic E-state index is 13.4. The van der Waals surface area contributed by atoms with Gasteiger partial charge in [-0.3, -0.25) is 0 Å². The summed E-state index contributed by atoms with van der Waals surface area (Å²) in [5.41, 5.74) is 0. The third-order valence-corrected chi connectivity index (χ3v) is 4.65. The van der Waals surface area contributed by atoms with E-state index in [1.54, 1.807) is 0 Å². The number of methoxy groups -OCH3 is 1. The molecule has 0 aromatic rings. The molecule has 0 heterocycles. The van der Waals surface area contributed by atoms with Gasteiger partial charge in [0.1, 0.15) is 0 Å². The van der Waals surface area contributed by atoms with E-state index in [0.717, 1.165) is 26.4 Å². The fourth-order valence-electron chi connectivity index (χ4n) is 2.29. The van der Waals surface area contributed by atoms with Crippen molar-refractivity contribution in [2.75, 3.05) is 7.11 Å².